The molecule has 0 radical (unpaired) electrons. The van der Waals surface area contributed by atoms with Crippen LogP contribution in [0.1, 0.15) is 19.4 Å². The van der Waals surface area contributed by atoms with Gasteiger partial charge in [-0.05, 0) is 38.1 Å². The average molecular weight is 508 g/mol. The Balaban J connectivity index is 1.84. The summed E-state index contributed by atoms with van der Waals surface area (Å²) in [5, 5.41) is 23.3. The van der Waals surface area contributed by atoms with Gasteiger partial charge in [-0.3, -0.25) is 19.7 Å². The zero-order valence-corrected chi connectivity index (χ0v) is 20.8. The third-order valence-electron chi connectivity index (χ3n) is 5.77. The van der Waals surface area contributed by atoms with Crippen LogP contribution in [0.25, 0.3) is 6.08 Å². The minimum Gasteiger partial charge on any atom is -0.483 e. The van der Waals surface area contributed by atoms with E-state index in [9.17, 15) is 25.0 Å². The predicted octanol–water partition coefficient (Wildman–Crippen LogP) is 3.22. The molecule has 37 heavy (non-hydrogen) atoms. The number of nitriles is 1. The number of anilines is 2. The van der Waals surface area contributed by atoms with Gasteiger partial charge < -0.3 is 24.6 Å². The molecule has 1 N–H and O–H groups in total. The van der Waals surface area contributed by atoms with E-state index in [1.807, 2.05) is 26.0 Å². The summed E-state index contributed by atoms with van der Waals surface area (Å²) in [6, 6.07) is 12.9. The molecule has 0 aliphatic carbocycles. The number of amides is 2. The minimum atomic E-state index is -0.547. The quantitative estimate of drug-likeness (QED) is 0.224. The van der Waals surface area contributed by atoms with Gasteiger partial charge in [0, 0.05) is 61.3 Å². The van der Waals surface area contributed by atoms with Gasteiger partial charge in [0.25, 0.3) is 17.5 Å². The number of hydrogen-bond acceptors (Lipinski definition) is 8. The van der Waals surface area contributed by atoms with Gasteiger partial charge in [-0.25, -0.2) is 0 Å². The van der Waals surface area contributed by atoms with Gasteiger partial charge in [-0.15, -0.1) is 0 Å². The van der Waals surface area contributed by atoms with Gasteiger partial charge in [0.1, 0.15) is 17.4 Å². The maximum Gasteiger partial charge on any atom is 0.271 e. The van der Waals surface area contributed by atoms with Crippen molar-refractivity contribution in [2.75, 3.05) is 56.2 Å². The second-order valence-electron chi connectivity index (χ2n) is 8.11. The van der Waals surface area contributed by atoms with E-state index in [4.69, 9.17) is 9.47 Å². The number of ether oxygens (including phenoxy) is 2. The van der Waals surface area contributed by atoms with Crippen LogP contribution in [-0.2, 0) is 14.3 Å². The van der Waals surface area contributed by atoms with E-state index in [2.05, 4.69) is 10.2 Å². The summed E-state index contributed by atoms with van der Waals surface area (Å²) in [4.78, 5) is 39.5. The number of morpholine rings is 1. The fourth-order valence-electron chi connectivity index (χ4n) is 3.82. The van der Waals surface area contributed by atoms with Crippen LogP contribution in [-0.4, -0.2) is 67.6 Å². The summed E-state index contributed by atoms with van der Waals surface area (Å²) >= 11 is 0. The summed E-state index contributed by atoms with van der Waals surface area (Å²) in [6.45, 7) is 6.77. The number of benzene rings is 2. The molecule has 0 saturated carbocycles. The number of nitro benzene ring substituents is 1. The molecule has 3 rings (SSSR count). The number of carbonyl (C=O) groups is 2. The van der Waals surface area contributed by atoms with Crippen LogP contribution in [0.15, 0.2) is 48.0 Å². The summed E-state index contributed by atoms with van der Waals surface area (Å²) < 4.78 is 11.1. The van der Waals surface area contributed by atoms with E-state index < -0.39 is 16.7 Å². The first-order chi connectivity index (χ1) is 17.9. The molecule has 1 fully saturated rings. The van der Waals surface area contributed by atoms with Crippen LogP contribution in [0.4, 0.5) is 17.1 Å². The van der Waals surface area contributed by atoms with Gasteiger partial charge in [-0.1, -0.05) is 6.07 Å². The van der Waals surface area contributed by atoms with Crippen molar-refractivity contribution in [3.8, 4) is 11.8 Å². The van der Waals surface area contributed by atoms with Crippen molar-refractivity contribution in [2.24, 2.45) is 0 Å². The van der Waals surface area contributed by atoms with Crippen molar-refractivity contribution >= 4 is 35.0 Å². The van der Waals surface area contributed by atoms with Gasteiger partial charge in [-0.2, -0.15) is 5.26 Å². The summed E-state index contributed by atoms with van der Waals surface area (Å²) in [5.41, 5.74) is 1.39. The lowest BCUT2D eigenvalue weighted by molar-refractivity contribution is -0.384. The van der Waals surface area contributed by atoms with Gasteiger partial charge >= 0.3 is 0 Å². The Morgan fingerprint density at radius 1 is 1.22 bits per heavy atom. The van der Waals surface area contributed by atoms with Gasteiger partial charge in [0.15, 0.2) is 6.61 Å². The van der Waals surface area contributed by atoms with E-state index in [1.54, 1.807) is 17.0 Å². The molecule has 1 aliphatic heterocycles. The normalized spacial score (nSPS) is 13.4. The number of nitrogens with one attached hydrogen (secondary N) is 1. The number of non-ortho nitro benzene ring substituents is 1. The lowest BCUT2D eigenvalue weighted by atomic mass is 10.1. The molecule has 0 spiro atoms. The fraction of sp³-hybridized carbons (Fsp3) is 0.346. The first-order valence-corrected chi connectivity index (χ1v) is 11.9. The third-order valence-corrected chi connectivity index (χ3v) is 5.77. The van der Waals surface area contributed by atoms with Crippen LogP contribution >= 0.6 is 0 Å². The van der Waals surface area contributed by atoms with E-state index >= 15 is 0 Å². The maximum absolute atomic E-state index is 12.9. The molecular formula is C26H29N5O6. The van der Waals surface area contributed by atoms with Crippen LogP contribution in [0.3, 0.4) is 0 Å². The van der Waals surface area contributed by atoms with Gasteiger partial charge in [0.2, 0.25) is 0 Å². The molecule has 0 bridgehead atoms. The van der Waals surface area contributed by atoms with Crippen molar-refractivity contribution in [1.29, 1.82) is 5.26 Å². The Labute approximate surface area is 215 Å². The second kappa shape index (κ2) is 13.0. The molecule has 0 aromatic heterocycles. The number of hydrogen-bond donors (Lipinski definition) is 1. The number of carbonyl (C=O) groups excluding carboxylic acids is 2. The highest BCUT2D eigenvalue weighted by atomic mass is 16.6. The first-order valence-electron chi connectivity index (χ1n) is 11.9. The Hall–Kier alpha value is -4.43. The molecule has 2 aromatic carbocycles. The Morgan fingerprint density at radius 3 is 2.59 bits per heavy atom. The highest BCUT2D eigenvalue weighted by molar-refractivity contribution is 6.02. The van der Waals surface area contributed by atoms with E-state index in [0.717, 1.165) is 18.8 Å². The van der Waals surface area contributed by atoms with E-state index in [-0.39, 0.29) is 23.6 Å². The van der Waals surface area contributed by atoms with E-state index in [1.165, 1.54) is 30.3 Å². The minimum absolute atomic E-state index is 0.0524. The smallest absolute Gasteiger partial charge is 0.271 e. The van der Waals surface area contributed by atoms with Crippen molar-refractivity contribution < 1.29 is 24.0 Å². The Bertz CT molecular complexity index is 1210. The highest BCUT2D eigenvalue weighted by Gasteiger charge is 2.21. The SMILES string of the molecule is CCN(CC)c1ccc(/C=C(\C#N)C(=O)N2CCOCC2)c(OCC(=O)Nc2cccc([N+](=O)[O-])c2)c1. The molecule has 1 saturated heterocycles. The second-order valence-corrected chi connectivity index (χ2v) is 8.11. The highest BCUT2D eigenvalue weighted by Crippen LogP contribution is 2.28. The molecule has 11 heteroatoms. The molecule has 1 aliphatic rings. The van der Waals surface area contributed by atoms with Crippen LogP contribution < -0.4 is 15.0 Å². The van der Waals surface area contributed by atoms with E-state index in [0.29, 0.717) is 37.6 Å². The summed E-state index contributed by atoms with van der Waals surface area (Å²) in [5.74, 6) is -0.595. The van der Waals surface area contributed by atoms with Crippen LogP contribution in [0, 0.1) is 21.4 Å². The van der Waals surface area contributed by atoms with Gasteiger partial charge in [0.05, 0.1) is 18.1 Å². The molecule has 0 unspecified atom stereocenters. The fourth-order valence-corrected chi connectivity index (χ4v) is 3.82. The van der Waals surface area contributed by atoms with Crippen molar-refractivity contribution in [3.63, 3.8) is 0 Å². The maximum atomic E-state index is 12.9. The predicted molar refractivity (Wildman–Crippen MR) is 138 cm³/mol. The molecular weight excluding hydrogens is 478 g/mol. The zero-order chi connectivity index (χ0) is 26.8. The molecule has 0 atom stereocenters. The standard InChI is InChI=1S/C26H29N5O6/c1-3-29(4-2)22-9-8-19(14-20(17-27)26(33)30-10-12-36-13-11-30)24(16-22)37-18-25(32)28-21-6-5-7-23(15-21)31(34)35/h5-9,14-16H,3-4,10-13,18H2,1-2H3,(H,28,32)/b20-14+. The number of nitrogens with zero attached hydrogens (tertiary/aromatic N) is 4. The third kappa shape index (κ3) is 7.28. The number of rotatable bonds is 10. The van der Waals surface area contributed by atoms with Crippen LogP contribution in [0.5, 0.6) is 5.75 Å². The topological polar surface area (TPSA) is 138 Å². The molecule has 2 aromatic rings. The first kappa shape index (κ1) is 27.2. The number of nitro groups is 1. The Kier molecular flexibility index (Phi) is 9.57. The summed E-state index contributed by atoms with van der Waals surface area (Å²) in [7, 11) is 0. The van der Waals surface area contributed by atoms with Crippen molar-refractivity contribution in [2.45, 2.75) is 13.8 Å². The largest absolute Gasteiger partial charge is 0.483 e. The van der Waals surface area contributed by atoms with Crippen molar-refractivity contribution in [1.82, 2.24) is 4.90 Å². The monoisotopic (exact) mass is 507 g/mol. The molecule has 1 heterocycles. The van der Waals surface area contributed by atoms with Crippen molar-refractivity contribution in [3.05, 3.63) is 63.7 Å². The Morgan fingerprint density at radius 2 is 1.95 bits per heavy atom. The lowest BCUT2D eigenvalue weighted by Gasteiger charge is -2.26. The molecule has 11 nitrogen and oxygen atoms in total. The van der Waals surface area contributed by atoms with Crippen LogP contribution in [0.2, 0.25) is 0 Å². The zero-order valence-electron chi connectivity index (χ0n) is 20.8. The molecule has 194 valence electrons. The lowest BCUT2D eigenvalue weighted by Crippen LogP contribution is -2.41. The molecule has 2 amide bonds. The average Bonchev–Trinajstić information content (AvgIpc) is 2.92. The summed E-state index contributed by atoms with van der Waals surface area (Å²) in [6.07, 6.45) is 1.46.